The molecule has 0 unspecified atom stereocenters. The summed E-state index contributed by atoms with van der Waals surface area (Å²) in [7, 11) is 0. The highest BCUT2D eigenvalue weighted by Gasteiger charge is 2.26. The molecule has 0 bridgehead atoms. The van der Waals surface area contributed by atoms with Gasteiger partial charge in [-0.3, -0.25) is 0 Å². The topological polar surface area (TPSA) is 87.6 Å². The minimum absolute atomic E-state index is 0.00184. The van der Waals surface area contributed by atoms with Crippen LogP contribution in [0, 0.1) is 5.21 Å². The largest absolute Gasteiger partial charge is 0.619 e. The fourth-order valence-corrected chi connectivity index (χ4v) is 4.94. The number of nitrogens with zero attached hydrogens (tertiary/aromatic N) is 1. The molecule has 2 aromatic heterocycles. The van der Waals surface area contributed by atoms with Gasteiger partial charge in [0.1, 0.15) is 22.7 Å². The second-order valence-electron chi connectivity index (χ2n) is 10.3. The zero-order chi connectivity index (χ0) is 25.4. The zero-order valence-electron chi connectivity index (χ0n) is 20.5. The number of alkyl carbamates (subject to hydrolysis) is 1. The third kappa shape index (κ3) is 5.36. The quantitative estimate of drug-likeness (QED) is 0.243. The highest BCUT2D eigenvalue weighted by Crippen LogP contribution is 2.37. The Morgan fingerprint density at radius 2 is 1.83 bits per heavy atom. The molecule has 2 aromatic carbocycles. The van der Waals surface area contributed by atoms with E-state index in [1.54, 1.807) is 6.07 Å². The van der Waals surface area contributed by atoms with Crippen LogP contribution in [-0.4, -0.2) is 23.8 Å². The lowest BCUT2D eigenvalue weighted by molar-refractivity contribution is -0.603. The molecule has 1 aliphatic carbocycles. The predicted molar refractivity (Wildman–Crippen MR) is 139 cm³/mol. The van der Waals surface area contributed by atoms with Gasteiger partial charge >= 0.3 is 6.09 Å². The maximum absolute atomic E-state index is 12.4. The van der Waals surface area contributed by atoms with E-state index in [9.17, 15) is 10.0 Å². The summed E-state index contributed by atoms with van der Waals surface area (Å²) >= 11 is 6.60. The number of hydrogen-bond donors (Lipinski definition) is 1. The van der Waals surface area contributed by atoms with Crippen molar-refractivity contribution in [3.63, 3.8) is 0 Å². The Balaban J connectivity index is 1.35. The van der Waals surface area contributed by atoms with E-state index in [2.05, 4.69) is 5.32 Å². The summed E-state index contributed by atoms with van der Waals surface area (Å²) < 4.78 is 18.5. The summed E-state index contributed by atoms with van der Waals surface area (Å²) in [5.41, 5.74) is 0.875. The minimum atomic E-state index is -0.521. The molecule has 1 fully saturated rings. The summed E-state index contributed by atoms with van der Waals surface area (Å²) in [4.78, 5) is 12.1. The number of pyridine rings is 1. The average Bonchev–Trinajstić information content (AvgIpc) is 3.23. The summed E-state index contributed by atoms with van der Waals surface area (Å²) in [6.07, 6.45) is 5.75. The molecule has 36 heavy (non-hydrogen) atoms. The molecule has 0 radical (unpaired) electrons. The molecule has 0 spiro atoms. The minimum Gasteiger partial charge on any atom is -0.619 e. The lowest BCUT2D eigenvalue weighted by Gasteiger charge is -2.30. The first-order valence-electron chi connectivity index (χ1n) is 12.2. The molecule has 0 atom stereocenters. The van der Waals surface area contributed by atoms with Crippen LogP contribution < -0.4 is 14.8 Å². The van der Waals surface area contributed by atoms with Gasteiger partial charge in [0.2, 0.25) is 0 Å². The molecule has 8 heteroatoms. The normalized spacial score (nSPS) is 18.3. The third-order valence-electron chi connectivity index (χ3n) is 6.29. The predicted octanol–water partition coefficient (Wildman–Crippen LogP) is 6.75. The maximum Gasteiger partial charge on any atom is 0.407 e. The summed E-state index contributed by atoms with van der Waals surface area (Å²) in [6.45, 7) is 5.55. The van der Waals surface area contributed by atoms with Crippen molar-refractivity contribution in [1.82, 2.24) is 5.32 Å². The average molecular weight is 509 g/mol. The van der Waals surface area contributed by atoms with Crippen LogP contribution in [-0.2, 0) is 4.74 Å². The van der Waals surface area contributed by atoms with Gasteiger partial charge in [-0.2, -0.15) is 4.73 Å². The number of para-hydroxylation sites is 1. The molecule has 188 valence electrons. The molecule has 2 heterocycles. The van der Waals surface area contributed by atoms with Crippen molar-refractivity contribution in [2.75, 3.05) is 0 Å². The van der Waals surface area contributed by atoms with Gasteiger partial charge in [0.05, 0.1) is 22.1 Å². The van der Waals surface area contributed by atoms with Crippen molar-refractivity contribution in [2.45, 2.75) is 64.2 Å². The van der Waals surface area contributed by atoms with Crippen LogP contribution in [0.1, 0.15) is 46.5 Å². The molecule has 1 amide bonds. The van der Waals surface area contributed by atoms with Crippen LogP contribution in [0.25, 0.3) is 33.1 Å². The van der Waals surface area contributed by atoms with Gasteiger partial charge in [0.15, 0.2) is 12.4 Å². The standard InChI is InChI=1S/C28H29ClN2O5/c1-28(2,3)36-27(32)30-18-8-10-19(11-9-18)34-20-13-21-22(24(29)14-20)15-31(33)16-23(21)26-12-17-6-4-5-7-25(17)35-26/h4-7,12-16,18-19H,8-11H2,1-3H3,(H,30,32). The van der Waals surface area contributed by atoms with Crippen molar-refractivity contribution >= 4 is 39.4 Å². The monoisotopic (exact) mass is 508 g/mol. The van der Waals surface area contributed by atoms with E-state index in [0.717, 1.165) is 46.8 Å². The lowest BCUT2D eigenvalue weighted by Crippen LogP contribution is -2.42. The number of hydrogen-bond acceptors (Lipinski definition) is 5. The Kier molecular flexibility index (Phi) is 6.43. The van der Waals surface area contributed by atoms with E-state index >= 15 is 0 Å². The number of ether oxygens (including phenoxy) is 2. The molecule has 1 N–H and O–H groups in total. The number of rotatable bonds is 4. The van der Waals surface area contributed by atoms with E-state index in [-0.39, 0.29) is 18.2 Å². The Labute approximate surface area is 214 Å². The van der Waals surface area contributed by atoms with Crippen molar-refractivity contribution in [2.24, 2.45) is 0 Å². The number of nitrogens with one attached hydrogen (secondary N) is 1. The first-order valence-corrected chi connectivity index (χ1v) is 12.5. The highest BCUT2D eigenvalue weighted by molar-refractivity contribution is 6.36. The lowest BCUT2D eigenvalue weighted by atomic mass is 9.93. The van der Waals surface area contributed by atoms with Gasteiger partial charge in [-0.25, -0.2) is 4.79 Å². The Morgan fingerprint density at radius 3 is 2.56 bits per heavy atom. The van der Waals surface area contributed by atoms with E-state index in [1.165, 1.54) is 12.4 Å². The fourth-order valence-electron chi connectivity index (χ4n) is 4.68. The van der Waals surface area contributed by atoms with E-state index in [4.69, 9.17) is 25.5 Å². The molecular weight excluding hydrogens is 480 g/mol. The second-order valence-corrected chi connectivity index (χ2v) is 10.7. The fraction of sp³-hybridized carbons (Fsp3) is 0.357. The molecule has 4 aromatic rings. The Bertz CT molecular complexity index is 1380. The van der Waals surface area contributed by atoms with Crippen LogP contribution >= 0.6 is 11.6 Å². The van der Waals surface area contributed by atoms with Crippen LogP contribution in [0.15, 0.2) is 59.3 Å². The molecule has 0 saturated heterocycles. The summed E-state index contributed by atoms with van der Waals surface area (Å²) in [6, 6.07) is 13.4. The molecule has 0 aliphatic heterocycles. The molecular formula is C28H29ClN2O5. The highest BCUT2D eigenvalue weighted by atomic mass is 35.5. The first-order chi connectivity index (χ1) is 17.1. The number of carbonyl (C=O) groups excluding carboxylic acids is 1. The van der Waals surface area contributed by atoms with Crippen molar-refractivity contribution in [3.8, 4) is 17.1 Å². The zero-order valence-corrected chi connectivity index (χ0v) is 21.3. The van der Waals surface area contributed by atoms with Gasteiger partial charge in [0.25, 0.3) is 0 Å². The number of carbonyl (C=O) groups is 1. The SMILES string of the molecule is CC(C)(C)OC(=O)NC1CCC(Oc2cc(Cl)c3c[n+]([O-])cc(-c4cc5ccccc5o4)c3c2)CC1. The summed E-state index contributed by atoms with van der Waals surface area (Å²) in [5, 5.41) is 18.1. The first kappa shape index (κ1) is 24.3. The number of furan rings is 1. The Morgan fingerprint density at radius 1 is 1.08 bits per heavy atom. The smallest absolute Gasteiger partial charge is 0.407 e. The molecule has 7 nitrogen and oxygen atoms in total. The number of halogens is 1. The van der Waals surface area contributed by atoms with Crippen LogP contribution in [0.2, 0.25) is 5.02 Å². The van der Waals surface area contributed by atoms with Crippen molar-refractivity contribution in [1.29, 1.82) is 0 Å². The van der Waals surface area contributed by atoms with Gasteiger partial charge in [-0.05, 0) is 70.7 Å². The number of aromatic nitrogens is 1. The number of fused-ring (bicyclic) bond motifs is 2. The van der Waals surface area contributed by atoms with Crippen LogP contribution in [0.5, 0.6) is 5.75 Å². The van der Waals surface area contributed by atoms with Gasteiger partial charge < -0.3 is 24.4 Å². The number of amides is 1. The van der Waals surface area contributed by atoms with E-state index < -0.39 is 5.60 Å². The summed E-state index contributed by atoms with van der Waals surface area (Å²) in [5.74, 6) is 1.23. The van der Waals surface area contributed by atoms with Crippen molar-refractivity contribution < 1.29 is 23.4 Å². The van der Waals surface area contributed by atoms with E-state index in [0.29, 0.717) is 27.5 Å². The van der Waals surface area contributed by atoms with Crippen LogP contribution in [0.4, 0.5) is 4.79 Å². The maximum atomic E-state index is 12.4. The molecule has 5 rings (SSSR count). The van der Waals surface area contributed by atoms with Crippen molar-refractivity contribution in [3.05, 3.63) is 65.1 Å². The second kappa shape index (κ2) is 9.54. The molecule has 1 saturated carbocycles. The van der Waals surface area contributed by atoms with Crippen LogP contribution in [0.3, 0.4) is 0 Å². The van der Waals surface area contributed by atoms with Gasteiger partial charge in [-0.15, -0.1) is 0 Å². The molecule has 1 aliphatic rings. The van der Waals surface area contributed by atoms with Gasteiger partial charge in [-0.1, -0.05) is 29.8 Å². The van der Waals surface area contributed by atoms with Gasteiger partial charge in [0, 0.05) is 16.8 Å². The number of benzene rings is 2. The van der Waals surface area contributed by atoms with E-state index in [1.807, 2.05) is 57.2 Å². The Hall–Kier alpha value is -3.45. The third-order valence-corrected chi connectivity index (χ3v) is 6.61.